The molecule has 4 heterocycles. The lowest BCUT2D eigenvalue weighted by molar-refractivity contribution is 0.0903. The van der Waals surface area contributed by atoms with Gasteiger partial charge in [0.25, 0.3) is 0 Å². The highest BCUT2D eigenvalue weighted by atomic mass is 16.5. The number of fused-ring (bicyclic) bond motifs is 1. The van der Waals surface area contributed by atoms with Crippen LogP contribution in [-0.2, 0) is 4.74 Å². The van der Waals surface area contributed by atoms with Crippen LogP contribution >= 0.6 is 0 Å². The second kappa shape index (κ2) is 9.99. The van der Waals surface area contributed by atoms with Crippen molar-refractivity contribution < 1.29 is 4.74 Å². The Morgan fingerprint density at radius 1 is 1.21 bits per heavy atom. The standard InChI is InChI=1S/C27H34N6O/c1-19-5-4-6-21(8-7-19)25-26(33-14-10-20(18-32(2)3)17-24(33)31-25)23-9-13-28-27(30-23)29-22-11-15-34-16-12-22/h4,6-10,13-14,17,22,24,31H,5,11-12,15-16,18H2,1-3H3,(H,28,29,30). The van der Waals surface area contributed by atoms with Gasteiger partial charge in [-0.3, -0.25) is 0 Å². The van der Waals surface area contributed by atoms with Gasteiger partial charge in [-0.25, -0.2) is 9.97 Å². The summed E-state index contributed by atoms with van der Waals surface area (Å²) in [6, 6.07) is 2.35. The van der Waals surface area contributed by atoms with Crippen molar-refractivity contribution in [2.24, 2.45) is 0 Å². The Balaban J connectivity index is 1.51. The molecular weight excluding hydrogens is 424 g/mol. The molecule has 5 rings (SSSR count). The number of aromatic nitrogens is 2. The summed E-state index contributed by atoms with van der Waals surface area (Å²) in [6.45, 7) is 4.64. The Kier molecular flexibility index (Phi) is 6.65. The first-order valence-electron chi connectivity index (χ1n) is 12.1. The Morgan fingerprint density at radius 3 is 2.88 bits per heavy atom. The van der Waals surface area contributed by atoms with Crippen LogP contribution in [0.1, 0.15) is 31.9 Å². The van der Waals surface area contributed by atoms with Gasteiger partial charge in [-0.1, -0.05) is 29.9 Å². The van der Waals surface area contributed by atoms with Crippen molar-refractivity contribution in [1.29, 1.82) is 0 Å². The van der Waals surface area contributed by atoms with Crippen LogP contribution < -0.4 is 10.6 Å². The number of hydrogen-bond acceptors (Lipinski definition) is 7. The van der Waals surface area contributed by atoms with Crippen molar-refractivity contribution in [3.05, 3.63) is 83.0 Å². The van der Waals surface area contributed by atoms with E-state index in [1.807, 2.05) is 12.3 Å². The maximum absolute atomic E-state index is 5.50. The fourth-order valence-electron chi connectivity index (χ4n) is 4.71. The summed E-state index contributed by atoms with van der Waals surface area (Å²) in [6.07, 6.45) is 20.4. The number of hydrogen-bond donors (Lipinski definition) is 2. The van der Waals surface area contributed by atoms with E-state index in [0.29, 0.717) is 12.0 Å². The highest BCUT2D eigenvalue weighted by Gasteiger charge is 2.33. The van der Waals surface area contributed by atoms with E-state index in [1.165, 1.54) is 11.1 Å². The summed E-state index contributed by atoms with van der Waals surface area (Å²) in [5, 5.41) is 7.29. The van der Waals surface area contributed by atoms with Gasteiger partial charge in [0, 0.05) is 38.2 Å². The lowest BCUT2D eigenvalue weighted by atomic mass is 10.1. The third-order valence-corrected chi connectivity index (χ3v) is 6.43. The van der Waals surface area contributed by atoms with E-state index < -0.39 is 0 Å². The quantitative estimate of drug-likeness (QED) is 0.672. The number of ether oxygens (including phenoxy) is 1. The molecule has 4 aliphatic rings. The molecule has 0 saturated carbocycles. The van der Waals surface area contributed by atoms with Crippen LogP contribution in [0.2, 0.25) is 0 Å². The van der Waals surface area contributed by atoms with Gasteiger partial charge in [-0.15, -0.1) is 0 Å². The first kappa shape index (κ1) is 22.6. The van der Waals surface area contributed by atoms with Crippen LogP contribution in [0.3, 0.4) is 0 Å². The predicted molar refractivity (Wildman–Crippen MR) is 137 cm³/mol. The normalized spacial score (nSPS) is 22.8. The summed E-state index contributed by atoms with van der Waals surface area (Å²) in [5.41, 5.74) is 6.88. The molecular formula is C27H34N6O. The number of anilines is 1. The van der Waals surface area contributed by atoms with E-state index >= 15 is 0 Å². The molecule has 1 aromatic heterocycles. The lowest BCUT2D eigenvalue weighted by Crippen LogP contribution is -2.35. The van der Waals surface area contributed by atoms with Crippen molar-refractivity contribution in [3.8, 4) is 0 Å². The SMILES string of the molecule is CC1=CC=C(C2=C(c3ccnc(NC4CCOCC4)n3)N3C=CC(CN(C)C)=CC3N2)C=CC1. The van der Waals surface area contributed by atoms with Gasteiger partial charge in [0.1, 0.15) is 6.17 Å². The molecule has 0 aromatic carbocycles. The maximum atomic E-state index is 5.50. The van der Waals surface area contributed by atoms with Crippen molar-refractivity contribution in [1.82, 2.24) is 25.1 Å². The largest absolute Gasteiger partial charge is 0.381 e. The highest BCUT2D eigenvalue weighted by Crippen LogP contribution is 2.36. The topological polar surface area (TPSA) is 65.6 Å². The second-order valence-corrected chi connectivity index (χ2v) is 9.55. The molecule has 3 aliphatic heterocycles. The van der Waals surface area contributed by atoms with Crippen LogP contribution in [-0.4, -0.2) is 65.8 Å². The number of rotatable bonds is 6. The van der Waals surface area contributed by atoms with Crippen molar-refractivity contribution >= 4 is 11.6 Å². The molecule has 2 N–H and O–H groups in total. The molecule has 1 aromatic rings. The second-order valence-electron chi connectivity index (χ2n) is 9.55. The van der Waals surface area contributed by atoms with Crippen LogP contribution in [0.15, 0.2) is 77.3 Å². The van der Waals surface area contributed by atoms with Crippen LogP contribution in [0.4, 0.5) is 5.95 Å². The summed E-state index contributed by atoms with van der Waals surface area (Å²) in [5.74, 6) is 0.672. The number of allylic oxidation sites excluding steroid dienone is 5. The molecule has 0 amide bonds. The Morgan fingerprint density at radius 2 is 2.06 bits per heavy atom. The van der Waals surface area contributed by atoms with E-state index in [1.54, 1.807) is 0 Å². The minimum atomic E-state index is 0.0504. The summed E-state index contributed by atoms with van der Waals surface area (Å²) >= 11 is 0. The number of likely N-dealkylation sites (N-methyl/N-ethyl adjacent to an activating group) is 1. The van der Waals surface area contributed by atoms with E-state index in [2.05, 4.69) is 89.1 Å². The molecule has 1 saturated heterocycles. The van der Waals surface area contributed by atoms with Gasteiger partial charge in [0.15, 0.2) is 0 Å². The molecule has 0 bridgehead atoms. The average Bonchev–Trinajstić information content (AvgIpc) is 3.06. The Bertz CT molecular complexity index is 1100. The molecule has 34 heavy (non-hydrogen) atoms. The minimum Gasteiger partial charge on any atom is -0.381 e. The Labute approximate surface area is 202 Å². The van der Waals surface area contributed by atoms with E-state index in [9.17, 15) is 0 Å². The Hall–Kier alpha value is -3.16. The molecule has 1 fully saturated rings. The third-order valence-electron chi connectivity index (χ3n) is 6.43. The van der Waals surface area contributed by atoms with Gasteiger partial charge < -0.3 is 25.2 Å². The molecule has 0 radical (unpaired) electrons. The zero-order valence-electron chi connectivity index (χ0n) is 20.3. The zero-order chi connectivity index (χ0) is 23.5. The highest BCUT2D eigenvalue weighted by molar-refractivity contribution is 5.75. The molecule has 1 unspecified atom stereocenters. The molecule has 1 aliphatic carbocycles. The van der Waals surface area contributed by atoms with E-state index in [0.717, 1.165) is 61.7 Å². The maximum Gasteiger partial charge on any atom is 0.223 e. The van der Waals surface area contributed by atoms with Crippen molar-refractivity contribution in [3.63, 3.8) is 0 Å². The number of nitrogens with one attached hydrogen (secondary N) is 2. The molecule has 1 atom stereocenters. The zero-order valence-corrected chi connectivity index (χ0v) is 20.3. The molecule has 178 valence electrons. The van der Waals surface area contributed by atoms with Crippen molar-refractivity contribution in [2.75, 3.05) is 39.2 Å². The molecule has 7 heteroatoms. The van der Waals surface area contributed by atoms with Gasteiger partial charge in [-0.2, -0.15) is 0 Å². The summed E-state index contributed by atoms with van der Waals surface area (Å²) < 4.78 is 5.50. The fourth-order valence-corrected chi connectivity index (χ4v) is 4.71. The van der Waals surface area contributed by atoms with E-state index in [-0.39, 0.29) is 6.17 Å². The lowest BCUT2D eigenvalue weighted by Gasteiger charge is -2.28. The third kappa shape index (κ3) is 5.00. The fraction of sp³-hybridized carbons (Fsp3) is 0.407. The van der Waals surface area contributed by atoms with Gasteiger partial charge in [0.2, 0.25) is 5.95 Å². The van der Waals surface area contributed by atoms with E-state index in [4.69, 9.17) is 9.72 Å². The average molecular weight is 459 g/mol. The first-order chi connectivity index (χ1) is 16.6. The molecule has 0 spiro atoms. The summed E-state index contributed by atoms with van der Waals surface area (Å²) in [7, 11) is 4.20. The van der Waals surface area contributed by atoms with Crippen LogP contribution in [0.25, 0.3) is 5.70 Å². The minimum absolute atomic E-state index is 0.0504. The van der Waals surface area contributed by atoms with Crippen LogP contribution in [0, 0.1) is 0 Å². The van der Waals surface area contributed by atoms with Gasteiger partial charge in [0.05, 0.1) is 17.1 Å². The smallest absolute Gasteiger partial charge is 0.223 e. The van der Waals surface area contributed by atoms with Gasteiger partial charge in [-0.05, 0) is 69.6 Å². The summed E-state index contributed by atoms with van der Waals surface area (Å²) in [4.78, 5) is 14.0. The van der Waals surface area contributed by atoms with Gasteiger partial charge >= 0.3 is 0 Å². The van der Waals surface area contributed by atoms with Crippen molar-refractivity contribution in [2.45, 2.75) is 38.4 Å². The first-order valence-corrected chi connectivity index (χ1v) is 12.1. The monoisotopic (exact) mass is 458 g/mol. The van der Waals surface area contributed by atoms with Crippen LogP contribution in [0.5, 0.6) is 0 Å². The number of nitrogens with zero attached hydrogens (tertiary/aromatic N) is 4. The molecule has 7 nitrogen and oxygen atoms in total. The predicted octanol–water partition coefficient (Wildman–Crippen LogP) is 3.82.